The van der Waals surface area contributed by atoms with Crippen LogP contribution in [0, 0.1) is 19.3 Å². The van der Waals surface area contributed by atoms with Crippen molar-refractivity contribution in [2.45, 2.75) is 41.0 Å². The van der Waals surface area contributed by atoms with Gasteiger partial charge in [-0.2, -0.15) is 0 Å². The Balaban J connectivity index is 2.04. The van der Waals surface area contributed by atoms with Crippen molar-refractivity contribution in [3.63, 3.8) is 0 Å². The Morgan fingerprint density at radius 2 is 1.73 bits per heavy atom. The molecule has 0 bridgehead atoms. The first kappa shape index (κ1) is 16.0. The number of aryl methyl sites for hydroxylation is 2. The summed E-state index contributed by atoms with van der Waals surface area (Å²) >= 11 is 1.76. The van der Waals surface area contributed by atoms with Crippen molar-refractivity contribution in [1.29, 1.82) is 0 Å². The third kappa shape index (κ3) is 3.12. The molecule has 2 aromatic carbocycles. The minimum Gasteiger partial charge on any atom is -0.235 e. The molecule has 132 valence electrons. The highest BCUT2D eigenvalue weighted by molar-refractivity contribution is 7.26. The summed E-state index contributed by atoms with van der Waals surface area (Å²) in [5, 5.41) is 1.14. The molecular weight excluding hydrogens is 336 g/mol. The molecule has 0 unspecified atom stereocenters. The second kappa shape index (κ2) is 6.17. The van der Waals surface area contributed by atoms with E-state index in [0.717, 1.165) is 33.3 Å². The highest BCUT2D eigenvalue weighted by Gasteiger charge is 2.18. The van der Waals surface area contributed by atoms with Crippen molar-refractivity contribution >= 4 is 31.6 Å². The predicted octanol–water partition coefficient (Wildman–Crippen LogP) is 6.72. The fourth-order valence-electron chi connectivity index (χ4n) is 3.63. The van der Waals surface area contributed by atoms with Crippen LogP contribution in [0.2, 0.25) is 0 Å². The van der Waals surface area contributed by atoms with Crippen LogP contribution in [-0.2, 0) is 6.42 Å². The van der Waals surface area contributed by atoms with Crippen LogP contribution in [0.3, 0.4) is 0 Å². The lowest BCUT2D eigenvalue weighted by Crippen LogP contribution is -2.08. The lowest BCUT2D eigenvalue weighted by atomic mass is 9.88. The standard InChI is InChI=1S/C23H24N2S/c1-14-9-15(2)11-17(10-14)19-22-20(25-13-24-19)18-8-6-7-16(21(18)26-22)12-23(3,4)5/h6-11,13H,12H2,1-5H3/i13D. The van der Waals surface area contributed by atoms with Crippen molar-refractivity contribution < 1.29 is 1.37 Å². The van der Waals surface area contributed by atoms with Crippen LogP contribution in [0.1, 0.15) is 38.8 Å². The zero-order chi connectivity index (χ0) is 19.3. The van der Waals surface area contributed by atoms with E-state index in [1.165, 1.54) is 21.4 Å². The minimum absolute atomic E-state index is 0.0811. The molecule has 0 saturated heterocycles. The monoisotopic (exact) mass is 361 g/mol. The third-order valence-electron chi connectivity index (χ3n) is 4.53. The molecule has 2 heterocycles. The molecular formula is C23H24N2S. The van der Waals surface area contributed by atoms with E-state index in [-0.39, 0.29) is 11.7 Å². The topological polar surface area (TPSA) is 25.8 Å². The number of rotatable bonds is 2. The summed E-state index contributed by atoms with van der Waals surface area (Å²) in [5.41, 5.74) is 6.82. The molecule has 0 N–H and O–H groups in total. The third-order valence-corrected chi connectivity index (χ3v) is 5.80. The van der Waals surface area contributed by atoms with Gasteiger partial charge in [-0.15, -0.1) is 11.3 Å². The number of hydrogen-bond donors (Lipinski definition) is 0. The van der Waals surface area contributed by atoms with E-state index in [0.29, 0.717) is 0 Å². The summed E-state index contributed by atoms with van der Waals surface area (Å²) in [6, 6.07) is 12.9. The molecule has 0 aliphatic carbocycles. The Kier molecular flexibility index (Phi) is 3.79. The first-order chi connectivity index (χ1) is 12.7. The van der Waals surface area contributed by atoms with Crippen LogP contribution < -0.4 is 0 Å². The van der Waals surface area contributed by atoms with E-state index in [4.69, 9.17) is 1.37 Å². The van der Waals surface area contributed by atoms with Crippen LogP contribution in [0.15, 0.2) is 42.7 Å². The smallest absolute Gasteiger partial charge is 0.116 e. The van der Waals surface area contributed by atoms with Gasteiger partial charge in [0, 0.05) is 15.6 Å². The quantitative estimate of drug-likeness (QED) is 0.396. The lowest BCUT2D eigenvalue weighted by molar-refractivity contribution is 0.413. The highest BCUT2D eigenvalue weighted by atomic mass is 32.1. The molecule has 0 amide bonds. The van der Waals surface area contributed by atoms with Gasteiger partial charge in [0.05, 0.1) is 15.9 Å². The van der Waals surface area contributed by atoms with Crippen LogP contribution in [0.25, 0.3) is 31.6 Å². The molecule has 0 saturated carbocycles. The van der Waals surface area contributed by atoms with Gasteiger partial charge in [-0.25, -0.2) is 9.97 Å². The first-order valence-electron chi connectivity index (χ1n) is 9.49. The number of aromatic nitrogens is 2. The SMILES string of the molecule is [2H]c1nc(-c2cc(C)cc(C)c2)c2sc3c(CC(C)(C)C)cccc3c2n1. The zero-order valence-corrected chi connectivity index (χ0v) is 16.8. The maximum Gasteiger partial charge on any atom is 0.116 e. The lowest BCUT2D eigenvalue weighted by Gasteiger charge is -2.18. The Morgan fingerprint density at radius 1 is 1.00 bits per heavy atom. The van der Waals surface area contributed by atoms with Crippen molar-refractivity contribution in [2.75, 3.05) is 0 Å². The summed E-state index contributed by atoms with van der Waals surface area (Å²) in [6.45, 7) is 11.0. The van der Waals surface area contributed by atoms with Gasteiger partial charge in [0.25, 0.3) is 0 Å². The van der Waals surface area contributed by atoms with E-state index in [2.05, 4.69) is 81.0 Å². The van der Waals surface area contributed by atoms with Gasteiger partial charge in [0.2, 0.25) is 0 Å². The summed E-state index contributed by atoms with van der Waals surface area (Å²) < 4.78 is 10.5. The molecule has 0 aliphatic rings. The normalized spacial score (nSPS) is 12.7. The summed E-state index contributed by atoms with van der Waals surface area (Å²) in [7, 11) is 0. The van der Waals surface area contributed by atoms with Gasteiger partial charge < -0.3 is 0 Å². The second-order valence-corrected chi connectivity index (χ2v) is 9.38. The first-order valence-corrected chi connectivity index (χ1v) is 9.80. The molecule has 2 aromatic heterocycles. The van der Waals surface area contributed by atoms with Crippen LogP contribution in [0.5, 0.6) is 0 Å². The van der Waals surface area contributed by atoms with E-state index in [1.54, 1.807) is 11.3 Å². The van der Waals surface area contributed by atoms with Crippen molar-refractivity contribution in [2.24, 2.45) is 5.41 Å². The highest BCUT2D eigenvalue weighted by Crippen LogP contribution is 2.40. The van der Waals surface area contributed by atoms with E-state index >= 15 is 0 Å². The number of hydrogen-bond acceptors (Lipinski definition) is 3. The van der Waals surface area contributed by atoms with Crippen LogP contribution in [0.4, 0.5) is 0 Å². The number of nitrogens with zero attached hydrogens (tertiary/aromatic N) is 2. The van der Waals surface area contributed by atoms with Crippen molar-refractivity contribution in [3.05, 3.63) is 59.4 Å². The second-order valence-electron chi connectivity index (χ2n) is 8.36. The summed E-state index contributed by atoms with van der Waals surface area (Å²) in [4.78, 5) is 9.02. The molecule has 0 radical (unpaired) electrons. The molecule has 26 heavy (non-hydrogen) atoms. The van der Waals surface area contributed by atoms with Gasteiger partial charge in [-0.1, -0.05) is 56.2 Å². The fraction of sp³-hybridized carbons (Fsp3) is 0.304. The summed E-state index contributed by atoms with van der Waals surface area (Å²) in [5.74, 6) is 0. The van der Waals surface area contributed by atoms with E-state index < -0.39 is 0 Å². The molecule has 0 atom stereocenters. The number of fused-ring (bicyclic) bond motifs is 3. The maximum absolute atomic E-state index is 8.17. The van der Waals surface area contributed by atoms with Gasteiger partial charge in [-0.3, -0.25) is 0 Å². The Labute approximate surface area is 160 Å². The fourth-order valence-corrected chi connectivity index (χ4v) is 4.89. The molecule has 4 aromatic rings. The van der Waals surface area contributed by atoms with Crippen molar-refractivity contribution in [3.8, 4) is 11.3 Å². The Morgan fingerprint density at radius 3 is 2.42 bits per heavy atom. The van der Waals surface area contributed by atoms with Gasteiger partial charge in [-0.05, 0) is 43.4 Å². The van der Waals surface area contributed by atoms with Crippen LogP contribution >= 0.6 is 11.3 Å². The molecule has 2 nitrogen and oxygen atoms in total. The molecule has 0 aliphatic heterocycles. The molecule has 0 spiro atoms. The minimum atomic E-state index is 0.0811. The number of thiophene rings is 1. The van der Waals surface area contributed by atoms with Gasteiger partial charge in [0.15, 0.2) is 0 Å². The summed E-state index contributed by atoms with van der Waals surface area (Å²) in [6.07, 6.45) is 1.09. The molecule has 4 rings (SSSR count). The largest absolute Gasteiger partial charge is 0.235 e. The molecule has 3 heteroatoms. The average molecular weight is 362 g/mol. The van der Waals surface area contributed by atoms with Crippen molar-refractivity contribution in [1.82, 2.24) is 9.97 Å². The Hall–Kier alpha value is -2.26. The number of benzene rings is 2. The van der Waals surface area contributed by atoms with Crippen LogP contribution in [-0.4, -0.2) is 9.97 Å². The Bertz CT molecular complexity index is 1150. The van der Waals surface area contributed by atoms with Gasteiger partial charge in [0.1, 0.15) is 7.67 Å². The van der Waals surface area contributed by atoms with Gasteiger partial charge >= 0.3 is 0 Å². The maximum atomic E-state index is 8.17. The van der Waals surface area contributed by atoms with E-state index in [9.17, 15) is 0 Å². The zero-order valence-electron chi connectivity index (χ0n) is 17.0. The van der Waals surface area contributed by atoms with E-state index in [1.807, 2.05) is 0 Å². The molecule has 0 fully saturated rings. The average Bonchev–Trinajstić information content (AvgIpc) is 2.91. The predicted molar refractivity (Wildman–Crippen MR) is 113 cm³/mol.